The zero-order valence-electron chi connectivity index (χ0n) is 17.7. The first-order chi connectivity index (χ1) is 14.6. The fraction of sp³-hybridized carbons (Fsp3) is 0.542. The number of amides is 1. The van der Waals surface area contributed by atoms with Gasteiger partial charge in [-0.2, -0.15) is 0 Å². The minimum Gasteiger partial charge on any atom is -0.369 e. The average Bonchev–Trinajstić information content (AvgIpc) is 3.30. The van der Waals surface area contributed by atoms with Gasteiger partial charge in [-0.05, 0) is 55.5 Å². The van der Waals surface area contributed by atoms with Gasteiger partial charge in [-0.3, -0.25) is 9.69 Å². The summed E-state index contributed by atoms with van der Waals surface area (Å²) in [7, 11) is 0. The van der Waals surface area contributed by atoms with Gasteiger partial charge in [-0.25, -0.2) is 4.39 Å². The highest BCUT2D eigenvalue weighted by atomic mass is 32.1. The van der Waals surface area contributed by atoms with E-state index in [9.17, 15) is 9.18 Å². The number of piperazine rings is 1. The Bertz CT molecular complexity index is 796. The zero-order valence-corrected chi connectivity index (χ0v) is 18.5. The first-order valence-corrected chi connectivity index (χ1v) is 12.1. The second-order valence-electron chi connectivity index (χ2n) is 8.59. The van der Waals surface area contributed by atoms with Crippen molar-refractivity contribution in [1.82, 2.24) is 10.2 Å². The molecule has 0 spiro atoms. The van der Waals surface area contributed by atoms with Gasteiger partial charge in [0.05, 0.1) is 6.04 Å². The first-order valence-electron chi connectivity index (χ1n) is 11.2. The van der Waals surface area contributed by atoms with Crippen LogP contribution in [0.5, 0.6) is 0 Å². The molecule has 2 heterocycles. The van der Waals surface area contributed by atoms with Crippen LogP contribution in [-0.2, 0) is 4.79 Å². The van der Waals surface area contributed by atoms with Crippen molar-refractivity contribution in [3.8, 4) is 0 Å². The third kappa shape index (κ3) is 5.03. The maximum absolute atomic E-state index is 13.2. The van der Waals surface area contributed by atoms with Gasteiger partial charge in [0.1, 0.15) is 5.82 Å². The molecule has 6 heteroatoms. The SMILES string of the molecule is C[C@@H](NC(=O)C1CCCCC1)[C@@H](c1cccs1)N1CCN(c2ccc(F)cc2)CC1. The molecule has 4 rings (SSSR count). The van der Waals surface area contributed by atoms with E-state index in [1.807, 2.05) is 12.1 Å². The molecule has 1 aromatic heterocycles. The summed E-state index contributed by atoms with van der Waals surface area (Å²) in [5, 5.41) is 5.47. The highest BCUT2D eigenvalue weighted by Gasteiger charge is 2.32. The van der Waals surface area contributed by atoms with Gasteiger partial charge >= 0.3 is 0 Å². The van der Waals surface area contributed by atoms with Crippen LogP contribution >= 0.6 is 11.3 Å². The summed E-state index contributed by atoms with van der Waals surface area (Å²) in [6, 6.07) is 11.3. The van der Waals surface area contributed by atoms with Crippen LogP contribution in [0.15, 0.2) is 41.8 Å². The number of benzene rings is 1. The molecule has 1 N–H and O–H groups in total. The third-order valence-corrected chi connectivity index (χ3v) is 7.50. The quantitative estimate of drug-likeness (QED) is 0.714. The number of hydrogen-bond acceptors (Lipinski definition) is 4. The Balaban J connectivity index is 1.41. The van der Waals surface area contributed by atoms with Crippen LogP contribution in [0.3, 0.4) is 0 Å². The second kappa shape index (κ2) is 9.92. The number of carbonyl (C=O) groups excluding carboxylic acids is 1. The van der Waals surface area contributed by atoms with Crippen molar-refractivity contribution in [1.29, 1.82) is 0 Å². The Morgan fingerprint density at radius 2 is 1.77 bits per heavy atom. The molecule has 1 aliphatic carbocycles. The predicted molar refractivity (Wildman–Crippen MR) is 121 cm³/mol. The van der Waals surface area contributed by atoms with Gasteiger partial charge in [-0.1, -0.05) is 25.3 Å². The molecular formula is C24H32FN3OS. The Kier molecular flexibility index (Phi) is 7.05. The highest BCUT2D eigenvalue weighted by molar-refractivity contribution is 7.10. The zero-order chi connectivity index (χ0) is 20.9. The topological polar surface area (TPSA) is 35.6 Å². The van der Waals surface area contributed by atoms with Crippen LogP contribution in [0.2, 0.25) is 0 Å². The van der Waals surface area contributed by atoms with Crippen molar-refractivity contribution < 1.29 is 9.18 Å². The van der Waals surface area contributed by atoms with Crippen molar-refractivity contribution in [3.63, 3.8) is 0 Å². The van der Waals surface area contributed by atoms with Crippen molar-refractivity contribution in [2.75, 3.05) is 31.1 Å². The maximum Gasteiger partial charge on any atom is 0.223 e. The van der Waals surface area contributed by atoms with Crippen LogP contribution < -0.4 is 10.2 Å². The summed E-state index contributed by atoms with van der Waals surface area (Å²) in [5.41, 5.74) is 1.07. The van der Waals surface area contributed by atoms with Crippen LogP contribution in [-0.4, -0.2) is 43.0 Å². The molecular weight excluding hydrogens is 397 g/mol. The Labute approximate surface area is 183 Å². The molecule has 2 fully saturated rings. The summed E-state index contributed by atoms with van der Waals surface area (Å²) >= 11 is 1.77. The largest absolute Gasteiger partial charge is 0.369 e. The number of anilines is 1. The number of carbonyl (C=O) groups is 1. The fourth-order valence-electron chi connectivity index (χ4n) is 4.90. The minimum absolute atomic E-state index is 0.0652. The molecule has 4 nitrogen and oxygen atoms in total. The van der Waals surface area contributed by atoms with Crippen LogP contribution in [0.4, 0.5) is 10.1 Å². The van der Waals surface area contributed by atoms with Crippen molar-refractivity contribution in [2.24, 2.45) is 5.92 Å². The van der Waals surface area contributed by atoms with Crippen molar-refractivity contribution >= 4 is 22.9 Å². The maximum atomic E-state index is 13.2. The summed E-state index contributed by atoms with van der Waals surface area (Å²) in [5.74, 6) is 0.215. The molecule has 1 saturated heterocycles. The minimum atomic E-state index is -0.197. The lowest BCUT2D eigenvalue weighted by molar-refractivity contribution is -0.127. The number of nitrogens with one attached hydrogen (secondary N) is 1. The summed E-state index contributed by atoms with van der Waals surface area (Å²) in [4.78, 5) is 19.0. The number of thiophene rings is 1. The molecule has 2 aromatic rings. The van der Waals surface area contributed by atoms with E-state index in [2.05, 4.69) is 39.6 Å². The van der Waals surface area contributed by atoms with Crippen LogP contribution in [0.25, 0.3) is 0 Å². The number of halogens is 1. The predicted octanol–water partition coefficient (Wildman–Crippen LogP) is 4.84. The fourth-order valence-corrected chi connectivity index (χ4v) is 5.86. The van der Waals surface area contributed by atoms with Gasteiger partial charge in [0.15, 0.2) is 0 Å². The van der Waals surface area contributed by atoms with E-state index >= 15 is 0 Å². The van der Waals surface area contributed by atoms with Gasteiger partial charge in [0, 0.05) is 48.7 Å². The lowest BCUT2D eigenvalue weighted by Gasteiger charge is -2.42. The smallest absolute Gasteiger partial charge is 0.223 e. The average molecular weight is 430 g/mol. The molecule has 2 aliphatic rings. The lowest BCUT2D eigenvalue weighted by Crippen LogP contribution is -2.53. The normalized spacial score (nSPS) is 20.7. The molecule has 1 aliphatic heterocycles. The molecule has 0 bridgehead atoms. The van der Waals surface area contributed by atoms with E-state index in [0.717, 1.165) is 44.7 Å². The molecule has 30 heavy (non-hydrogen) atoms. The molecule has 0 radical (unpaired) electrons. The van der Waals surface area contributed by atoms with Crippen molar-refractivity contribution in [2.45, 2.75) is 51.1 Å². The highest BCUT2D eigenvalue weighted by Crippen LogP contribution is 2.31. The Morgan fingerprint density at radius 3 is 2.40 bits per heavy atom. The molecule has 1 saturated carbocycles. The molecule has 0 unspecified atom stereocenters. The van der Waals surface area contributed by atoms with Gasteiger partial charge in [0.25, 0.3) is 0 Å². The van der Waals surface area contributed by atoms with Gasteiger partial charge in [-0.15, -0.1) is 11.3 Å². The number of rotatable bonds is 6. The summed E-state index contributed by atoms with van der Waals surface area (Å²) < 4.78 is 13.2. The van der Waals surface area contributed by atoms with Crippen molar-refractivity contribution in [3.05, 3.63) is 52.5 Å². The van der Waals surface area contributed by atoms with E-state index in [4.69, 9.17) is 0 Å². The Hall–Kier alpha value is -1.92. The van der Waals surface area contributed by atoms with Gasteiger partial charge in [0.2, 0.25) is 5.91 Å². The van der Waals surface area contributed by atoms with E-state index in [1.54, 1.807) is 11.3 Å². The van der Waals surface area contributed by atoms with E-state index in [0.29, 0.717) is 0 Å². The standard InChI is InChI=1S/C24H32FN3OS/c1-18(26-24(29)19-6-3-2-4-7-19)23(22-8-5-17-30-22)28-15-13-27(14-16-28)21-11-9-20(25)10-12-21/h5,8-12,17-19,23H,2-4,6-7,13-16H2,1H3,(H,26,29)/t18-,23+/m1/s1. The van der Waals surface area contributed by atoms with E-state index in [-0.39, 0.29) is 29.7 Å². The molecule has 1 aromatic carbocycles. The third-order valence-electron chi connectivity index (χ3n) is 6.55. The molecule has 162 valence electrons. The first kappa shape index (κ1) is 21.3. The van der Waals surface area contributed by atoms with E-state index in [1.165, 1.54) is 36.3 Å². The van der Waals surface area contributed by atoms with Gasteiger partial charge < -0.3 is 10.2 Å². The summed E-state index contributed by atoms with van der Waals surface area (Å²) in [6.45, 7) is 5.79. The number of hydrogen-bond donors (Lipinski definition) is 1. The monoisotopic (exact) mass is 429 g/mol. The lowest BCUT2D eigenvalue weighted by atomic mass is 9.88. The second-order valence-corrected chi connectivity index (χ2v) is 9.57. The van der Waals surface area contributed by atoms with Crippen LogP contribution in [0.1, 0.15) is 49.9 Å². The number of nitrogens with zero attached hydrogens (tertiary/aromatic N) is 2. The molecule has 1 amide bonds. The van der Waals surface area contributed by atoms with E-state index < -0.39 is 0 Å². The summed E-state index contributed by atoms with van der Waals surface area (Å²) in [6.07, 6.45) is 5.66. The van der Waals surface area contributed by atoms with Crippen LogP contribution in [0, 0.1) is 11.7 Å². The molecule has 2 atom stereocenters. The Morgan fingerprint density at radius 1 is 1.07 bits per heavy atom.